The first-order valence-corrected chi connectivity index (χ1v) is 15.1. The normalized spacial score (nSPS) is 14.7. The summed E-state index contributed by atoms with van der Waals surface area (Å²) in [6.07, 6.45) is 3.10. The predicted molar refractivity (Wildman–Crippen MR) is 159 cm³/mol. The summed E-state index contributed by atoms with van der Waals surface area (Å²) in [5.41, 5.74) is 8.44. The maximum atomic E-state index is 13.7. The van der Waals surface area contributed by atoms with E-state index in [1.54, 1.807) is 53.0 Å². The quantitative estimate of drug-likeness (QED) is 0.235. The van der Waals surface area contributed by atoms with Crippen LogP contribution in [0.3, 0.4) is 0 Å². The molecule has 11 heteroatoms. The molecule has 0 spiro atoms. The Morgan fingerprint density at radius 2 is 1.56 bits per heavy atom. The number of nitrogens with two attached hydrogens (primary N) is 1. The average molecular weight is 576 g/mol. The highest BCUT2D eigenvalue weighted by Crippen LogP contribution is 2.26. The van der Waals surface area contributed by atoms with E-state index in [1.165, 1.54) is 17.7 Å². The van der Waals surface area contributed by atoms with Crippen molar-refractivity contribution >= 4 is 33.2 Å². The Hall–Kier alpha value is -3.90. The molecule has 41 heavy (non-hydrogen) atoms. The minimum absolute atomic E-state index is 0.0990. The molecule has 3 aromatic carbocycles. The number of rotatable bonds is 11. The molecule has 0 saturated carbocycles. The van der Waals surface area contributed by atoms with Crippen LogP contribution in [0.1, 0.15) is 18.4 Å². The van der Waals surface area contributed by atoms with Gasteiger partial charge in [-0.2, -0.15) is 9.29 Å². The molecule has 214 valence electrons. The number of nitrogens with one attached hydrogen (secondary N) is 2. The first-order chi connectivity index (χ1) is 19.9. The summed E-state index contributed by atoms with van der Waals surface area (Å²) in [4.78, 5) is 11.3. The van der Waals surface area contributed by atoms with Crippen LogP contribution in [0.15, 0.2) is 96.0 Å². The smallest absolute Gasteiger partial charge is 0.243 e. The van der Waals surface area contributed by atoms with E-state index in [1.807, 2.05) is 18.2 Å². The van der Waals surface area contributed by atoms with Gasteiger partial charge in [-0.25, -0.2) is 17.8 Å². The Bertz CT molecular complexity index is 1510. The number of hydrogen-bond donors (Lipinski definition) is 3. The van der Waals surface area contributed by atoms with Gasteiger partial charge in [0.15, 0.2) is 0 Å². The lowest BCUT2D eigenvalue weighted by Gasteiger charge is -2.37. The van der Waals surface area contributed by atoms with Crippen LogP contribution in [-0.4, -0.2) is 59.8 Å². The molecule has 1 fully saturated rings. The largest absolute Gasteiger partial charge is 0.340 e. The zero-order chi connectivity index (χ0) is 28.7. The van der Waals surface area contributed by atoms with Gasteiger partial charge in [0.2, 0.25) is 16.0 Å². The molecule has 4 N–H and O–H groups in total. The maximum Gasteiger partial charge on any atom is 0.243 e. The van der Waals surface area contributed by atoms with Gasteiger partial charge in [-0.3, -0.25) is 4.90 Å². The molecule has 1 aliphatic heterocycles. The van der Waals surface area contributed by atoms with Gasteiger partial charge in [-0.1, -0.05) is 30.3 Å². The SMILES string of the molecule is NCCN(C1CCN(Cc2ccccc2)CC1)S(=O)(=O)c1ccc(Nc2nccc(Nc3ccc(F)cc3)n2)cc1. The van der Waals surface area contributed by atoms with Crippen LogP contribution in [0.5, 0.6) is 0 Å². The van der Waals surface area contributed by atoms with E-state index in [0.29, 0.717) is 23.1 Å². The highest BCUT2D eigenvalue weighted by molar-refractivity contribution is 7.89. The second kappa shape index (κ2) is 13.2. The van der Waals surface area contributed by atoms with Gasteiger partial charge in [-0.15, -0.1) is 0 Å². The molecular weight excluding hydrogens is 541 g/mol. The van der Waals surface area contributed by atoms with Gasteiger partial charge < -0.3 is 16.4 Å². The summed E-state index contributed by atoms with van der Waals surface area (Å²) in [7, 11) is -3.73. The molecule has 2 heterocycles. The summed E-state index contributed by atoms with van der Waals surface area (Å²) < 4.78 is 42.1. The van der Waals surface area contributed by atoms with E-state index in [-0.39, 0.29) is 29.8 Å². The number of benzene rings is 3. The zero-order valence-corrected chi connectivity index (χ0v) is 23.5. The van der Waals surface area contributed by atoms with Crippen molar-refractivity contribution in [2.75, 3.05) is 36.8 Å². The number of piperidine rings is 1. The molecule has 5 rings (SSSR count). The lowest BCUT2D eigenvalue weighted by atomic mass is 10.0. The fourth-order valence-electron chi connectivity index (χ4n) is 4.98. The summed E-state index contributed by atoms with van der Waals surface area (Å²) in [5.74, 6) is 0.543. The molecule has 1 aliphatic rings. The van der Waals surface area contributed by atoms with Crippen molar-refractivity contribution in [1.29, 1.82) is 0 Å². The lowest BCUT2D eigenvalue weighted by Crippen LogP contribution is -2.48. The number of aromatic nitrogens is 2. The summed E-state index contributed by atoms with van der Waals surface area (Å²) in [6, 6.07) is 24.4. The Morgan fingerprint density at radius 3 is 2.24 bits per heavy atom. The number of sulfonamides is 1. The van der Waals surface area contributed by atoms with Crippen LogP contribution in [0, 0.1) is 5.82 Å². The van der Waals surface area contributed by atoms with Crippen molar-refractivity contribution in [3.63, 3.8) is 0 Å². The molecule has 1 aromatic heterocycles. The van der Waals surface area contributed by atoms with Crippen molar-refractivity contribution < 1.29 is 12.8 Å². The minimum atomic E-state index is -3.73. The highest BCUT2D eigenvalue weighted by Gasteiger charge is 2.33. The number of halogens is 1. The summed E-state index contributed by atoms with van der Waals surface area (Å²) >= 11 is 0. The van der Waals surface area contributed by atoms with Crippen molar-refractivity contribution in [2.24, 2.45) is 5.73 Å². The van der Waals surface area contributed by atoms with Crippen molar-refractivity contribution in [1.82, 2.24) is 19.2 Å². The third-order valence-electron chi connectivity index (χ3n) is 7.05. The third-order valence-corrected chi connectivity index (χ3v) is 9.02. The van der Waals surface area contributed by atoms with E-state index < -0.39 is 10.0 Å². The Kier molecular flexibility index (Phi) is 9.20. The van der Waals surface area contributed by atoms with E-state index in [2.05, 4.69) is 37.6 Å². The Balaban J connectivity index is 1.22. The molecule has 0 unspecified atom stereocenters. The van der Waals surface area contributed by atoms with Gasteiger partial charge >= 0.3 is 0 Å². The standard InChI is InChI=1S/C30H34FN7O2S/c31-24-6-8-25(9-7-24)34-29-14-18-33-30(36-29)35-26-10-12-28(13-11-26)41(39,40)38(21-17-32)27-15-19-37(20-16-27)22-23-4-2-1-3-5-23/h1-14,18,27H,15-17,19-22,32H2,(H2,33,34,35,36). The number of hydrogen-bond acceptors (Lipinski definition) is 8. The van der Waals surface area contributed by atoms with Gasteiger partial charge in [0, 0.05) is 56.3 Å². The molecule has 0 radical (unpaired) electrons. The van der Waals surface area contributed by atoms with Gasteiger partial charge in [0.25, 0.3) is 0 Å². The summed E-state index contributed by atoms with van der Waals surface area (Å²) in [6.45, 7) is 3.04. The Labute approximate surface area is 240 Å². The second-order valence-electron chi connectivity index (χ2n) is 9.94. The van der Waals surface area contributed by atoms with Gasteiger partial charge in [-0.05, 0) is 73.0 Å². The zero-order valence-electron chi connectivity index (χ0n) is 22.7. The molecule has 4 aromatic rings. The highest BCUT2D eigenvalue weighted by atomic mass is 32.2. The molecule has 9 nitrogen and oxygen atoms in total. The molecule has 0 aliphatic carbocycles. The molecule has 0 bridgehead atoms. The van der Waals surface area contributed by atoms with Crippen molar-refractivity contribution in [3.8, 4) is 0 Å². The van der Waals surface area contributed by atoms with Crippen LogP contribution in [0.4, 0.5) is 27.5 Å². The predicted octanol–water partition coefficient (Wildman–Crippen LogP) is 4.72. The molecule has 1 saturated heterocycles. The number of likely N-dealkylation sites (tertiary alicyclic amines) is 1. The van der Waals surface area contributed by atoms with Crippen LogP contribution in [-0.2, 0) is 16.6 Å². The van der Waals surface area contributed by atoms with E-state index in [9.17, 15) is 12.8 Å². The van der Waals surface area contributed by atoms with E-state index in [0.717, 1.165) is 32.5 Å². The number of anilines is 4. The Morgan fingerprint density at radius 1 is 0.902 bits per heavy atom. The lowest BCUT2D eigenvalue weighted by molar-refractivity contribution is 0.154. The monoisotopic (exact) mass is 575 g/mol. The fourth-order valence-corrected chi connectivity index (χ4v) is 6.68. The fraction of sp³-hybridized carbons (Fsp3) is 0.267. The van der Waals surface area contributed by atoms with Gasteiger partial charge in [0.1, 0.15) is 11.6 Å². The van der Waals surface area contributed by atoms with E-state index >= 15 is 0 Å². The topological polar surface area (TPSA) is 116 Å². The van der Waals surface area contributed by atoms with Gasteiger partial charge in [0.05, 0.1) is 4.90 Å². The molecule has 0 atom stereocenters. The number of nitrogens with zero attached hydrogens (tertiary/aromatic N) is 4. The molecular formula is C30H34FN7O2S. The van der Waals surface area contributed by atoms with Crippen LogP contribution >= 0.6 is 0 Å². The maximum absolute atomic E-state index is 13.7. The van der Waals surface area contributed by atoms with Crippen LogP contribution in [0.2, 0.25) is 0 Å². The first-order valence-electron chi connectivity index (χ1n) is 13.6. The minimum Gasteiger partial charge on any atom is -0.340 e. The van der Waals surface area contributed by atoms with E-state index in [4.69, 9.17) is 5.73 Å². The first kappa shape index (κ1) is 28.6. The second-order valence-corrected chi connectivity index (χ2v) is 11.8. The van der Waals surface area contributed by atoms with Crippen molar-refractivity contribution in [2.45, 2.75) is 30.3 Å². The average Bonchev–Trinajstić information content (AvgIpc) is 2.99. The third kappa shape index (κ3) is 7.44. The van der Waals surface area contributed by atoms with Crippen molar-refractivity contribution in [3.05, 3.63) is 103 Å². The molecule has 0 amide bonds. The van der Waals surface area contributed by atoms with Crippen LogP contribution < -0.4 is 16.4 Å². The summed E-state index contributed by atoms with van der Waals surface area (Å²) in [5, 5.41) is 6.20. The van der Waals surface area contributed by atoms with Crippen LogP contribution in [0.25, 0.3) is 0 Å².